The fourth-order valence-electron chi connectivity index (χ4n) is 2.38. The molecule has 6 heteroatoms. The average Bonchev–Trinajstić information content (AvgIpc) is 3.00. The Morgan fingerprint density at radius 3 is 2.64 bits per heavy atom. The van der Waals surface area contributed by atoms with Crippen molar-refractivity contribution >= 4 is 17.6 Å². The predicted molar refractivity (Wildman–Crippen MR) is 85.3 cm³/mol. The maximum atomic E-state index is 12.6. The van der Waals surface area contributed by atoms with Gasteiger partial charge < -0.3 is 14.7 Å². The van der Waals surface area contributed by atoms with Crippen molar-refractivity contribution in [1.82, 2.24) is 10.1 Å². The van der Waals surface area contributed by atoms with Crippen LogP contribution < -0.4 is 5.32 Å². The first-order valence-corrected chi connectivity index (χ1v) is 8.11. The quantitative estimate of drug-likeness (QED) is 0.720. The number of amides is 2. The van der Waals surface area contributed by atoms with Crippen LogP contribution in [0.25, 0.3) is 0 Å². The van der Waals surface area contributed by atoms with E-state index in [1.54, 1.807) is 11.0 Å². The number of carbonyl (C=O) groups is 2. The number of rotatable bonds is 10. The first-order valence-electron chi connectivity index (χ1n) is 8.11. The van der Waals surface area contributed by atoms with Crippen LogP contribution in [0.2, 0.25) is 0 Å². The van der Waals surface area contributed by atoms with E-state index in [2.05, 4.69) is 21.9 Å². The minimum Gasteiger partial charge on any atom is -0.363 e. The smallest absolute Gasteiger partial charge is 0.245 e. The summed E-state index contributed by atoms with van der Waals surface area (Å²) in [5, 5.41) is 6.26. The van der Waals surface area contributed by atoms with Crippen LogP contribution in [0.5, 0.6) is 0 Å². The van der Waals surface area contributed by atoms with Crippen LogP contribution in [0.4, 0.5) is 5.82 Å². The van der Waals surface area contributed by atoms with Gasteiger partial charge >= 0.3 is 0 Å². The monoisotopic (exact) mass is 309 g/mol. The van der Waals surface area contributed by atoms with E-state index >= 15 is 0 Å². The average molecular weight is 309 g/mol. The number of hydrogen-bond donors (Lipinski definition) is 1. The normalized spacial score (nSPS) is 12.0. The Labute approximate surface area is 132 Å². The summed E-state index contributed by atoms with van der Waals surface area (Å²) >= 11 is 0. The Balaban J connectivity index is 2.62. The van der Waals surface area contributed by atoms with Crippen molar-refractivity contribution in [2.45, 2.75) is 52.9 Å². The van der Waals surface area contributed by atoms with Crippen LogP contribution in [0, 0.1) is 5.92 Å². The van der Waals surface area contributed by atoms with Crippen molar-refractivity contribution in [3.63, 3.8) is 0 Å². The third kappa shape index (κ3) is 5.87. The molecule has 0 aliphatic heterocycles. The lowest BCUT2D eigenvalue weighted by Crippen LogP contribution is -2.41. The van der Waals surface area contributed by atoms with Crippen LogP contribution in [-0.2, 0) is 9.59 Å². The lowest BCUT2D eigenvalue weighted by molar-refractivity contribution is -0.138. The molecule has 0 bridgehead atoms. The van der Waals surface area contributed by atoms with E-state index in [-0.39, 0.29) is 24.3 Å². The number of hydrogen-bond acceptors (Lipinski definition) is 4. The Morgan fingerprint density at radius 2 is 2.09 bits per heavy atom. The Hall–Kier alpha value is -1.85. The highest BCUT2D eigenvalue weighted by Crippen LogP contribution is 2.16. The molecule has 0 spiro atoms. The van der Waals surface area contributed by atoms with Gasteiger partial charge in [0.2, 0.25) is 11.8 Å². The van der Waals surface area contributed by atoms with Gasteiger partial charge in [-0.2, -0.15) is 0 Å². The molecule has 1 aromatic rings. The molecule has 1 atom stereocenters. The lowest BCUT2D eigenvalue weighted by atomic mass is 9.97. The second-order valence-electron chi connectivity index (χ2n) is 5.44. The second-order valence-corrected chi connectivity index (χ2v) is 5.44. The van der Waals surface area contributed by atoms with E-state index in [1.165, 1.54) is 6.26 Å². The molecule has 6 nitrogen and oxygen atoms in total. The Morgan fingerprint density at radius 1 is 1.32 bits per heavy atom. The molecule has 22 heavy (non-hydrogen) atoms. The van der Waals surface area contributed by atoms with E-state index in [0.717, 1.165) is 32.1 Å². The zero-order chi connectivity index (χ0) is 16.4. The Kier molecular flexibility index (Phi) is 8.25. The van der Waals surface area contributed by atoms with E-state index in [1.807, 2.05) is 13.8 Å². The minimum absolute atomic E-state index is 0.00588. The molecule has 2 amide bonds. The third-order valence-corrected chi connectivity index (χ3v) is 3.59. The van der Waals surface area contributed by atoms with Crippen LogP contribution in [0.1, 0.15) is 52.9 Å². The summed E-state index contributed by atoms with van der Waals surface area (Å²) in [7, 11) is 0. The summed E-state index contributed by atoms with van der Waals surface area (Å²) in [6, 6.07) is 1.57. The molecule has 0 fully saturated rings. The molecule has 1 aromatic heterocycles. The van der Waals surface area contributed by atoms with E-state index < -0.39 is 0 Å². The van der Waals surface area contributed by atoms with Crippen molar-refractivity contribution in [2.24, 2.45) is 5.92 Å². The largest absolute Gasteiger partial charge is 0.363 e. The number of nitrogens with zero attached hydrogens (tertiary/aromatic N) is 2. The fourth-order valence-corrected chi connectivity index (χ4v) is 2.38. The summed E-state index contributed by atoms with van der Waals surface area (Å²) in [5.41, 5.74) is 0. The molecule has 0 saturated carbocycles. The van der Waals surface area contributed by atoms with Gasteiger partial charge in [0.15, 0.2) is 5.82 Å². The van der Waals surface area contributed by atoms with Crippen molar-refractivity contribution in [3.05, 3.63) is 12.3 Å². The molecular weight excluding hydrogens is 282 g/mol. The molecule has 1 rings (SSSR count). The zero-order valence-corrected chi connectivity index (χ0v) is 13.8. The highest BCUT2D eigenvalue weighted by atomic mass is 16.5. The molecular formula is C16H27N3O3. The van der Waals surface area contributed by atoms with E-state index in [0.29, 0.717) is 12.4 Å². The van der Waals surface area contributed by atoms with Gasteiger partial charge in [-0.15, -0.1) is 0 Å². The first kappa shape index (κ1) is 18.2. The minimum atomic E-state index is -0.249. The molecule has 0 aromatic carbocycles. The second kappa shape index (κ2) is 9.97. The highest BCUT2D eigenvalue weighted by molar-refractivity contribution is 5.94. The van der Waals surface area contributed by atoms with Gasteiger partial charge in [0.1, 0.15) is 6.26 Å². The van der Waals surface area contributed by atoms with Gasteiger partial charge in [-0.3, -0.25) is 9.59 Å². The van der Waals surface area contributed by atoms with Gasteiger partial charge in [-0.25, -0.2) is 0 Å². The SMILES string of the molecule is CCCC[C@@H](CC)C(=O)N(CCC)CC(=O)Nc1ccon1. The van der Waals surface area contributed by atoms with Crippen molar-refractivity contribution in [1.29, 1.82) is 0 Å². The molecule has 1 heterocycles. The van der Waals surface area contributed by atoms with E-state index in [4.69, 9.17) is 0 Å². The number of anilines is 1. The van der Waals surface area contributed by atoms with Gasteiger partial charge in [0, 0.05) is 18.5 Å². The van der Waals surface area contributed by atoms with Crippen molar-refractivity contribution in [2.75, 3.05) is 18.4 Å². The predicted octanol–water partition coefficient (Wildman–Crippen LogP) is 3.07. The standard InChI is InChI=1S/C16H27N3O3/c1-4-7-8-13(6-3)16(21)19(10-5-2)12-15(20)17-14-9-11-22-18-14/h9,11,13H,4-8,10,12H2,1-3H3,(H,17,18,20)/t13-/m1/s1. The van der Waals surface area contributed by atoms with Crippen molar-refractivity contribution in [3.8, 4) is 0 Å². The van der Waals surface area contributed by atoms with Gasteiger partial charge in [-0.05, 0) is 19.3 Å². The molecule has 1 N–H and O–H groups in total. The molecule has 124 valence electrons. The topological polar surface area (TPSA) is 75.4 Å². The van der Waals surface area contributed by atoms with Crippen LogP contribution in [0.15, 0.2) is 16.9 Å². The molecule has 0 radical (unpaired) electrons. The summed E-state index contributed by atoms with van der Waals surface area (Å²) in [6.07, 6.45) is 6.02. The lowest BCUT2D eigenvalue weighted by Gasteiger charge is -2.26. The van der Waals surface area contributed by atoms with Gasteiger partial charge in [0.05, 0.1) is 6.54 Å². The number of nitrogens with one attached hydrogen (secondary N) is 1. The number of aromatic nitrogens is 1. The molecule has 0 unspecified atom stereocenters. The van der Waals surface area contributed by atoms with Crippen LogP contribution in [0.3, 0.4) is 0 Å². The zero-order valence-electron chi connectivity index (χ0n) is 13.8. The van der Waals surface area contributed by atoms with Gasteiger partial charge in [-0.1, -0.05) is 38.8 Å². The highest BCUT2D eigenvalue weighted by Gasteiger charge is 2.23. The number of unbranched alkanes of at least 4 members (excludes halogenated alkanes) is 1. The third-order valence-electron chi connectivity index (χ3n) is 3.59. The summed E-state index contributed by atoms with van der Waals surface area (Å²) < 4.78 is 4.67. The number of carbonyl (C=O) groups excluding carboxylic acids is 2. The van der Waals surface area contributed by atoms with Crippen molar-refractivity contribution < 1.29 is 14.1 Å². The first-order chi connectivity index (χ1) is 10.6. The molecule has 0 aliphatic rings. The molecule has 0 saturated heterocycles. The fraction of sp³-hybridized carbons (Fsp3) is 0.688. The van der Waals surface area contributed by atoms with Crippen LogP contribution >= 0.6 is 0 Å². The van der Waals surface area contributed by atoms with Gasteiger partial charge in [0.25, 0.3) is 0 Å². The van der Waals surface area contributed by atoms with Crippen LogP contribution in [-0.4, -0.2) is 35.0 Å². The Bertz CT molecular complexity index is 445. The maximum Gasteiger partial charge on any atom is 0.245 e. The summed E-state index contributed by atoms with van der Waals surface area (Å²) in [5.74, 6) is 0.201. The summed E-state index contributed by atoms with van der Waals surface area (Å²) in [6.45, 7) is 6.79. The maximum absolute atomic E-state index is 12.6. The molecule has 0 aliphatic carbocycles. The van der Waals surface area contributed by atoms with E-state index in [9.17, 15) is 9.59 Å². The summed E-state index contributed by atoms with van der Waals surface area (Å²) in [4.78, 5) is 26.3.